The Labute approximate surface area is 135 Å². The van der Waals surface area contributed by atoms with Gasteiger partial charge in [-0.1, -0.05) is 6.92 Å². The third-order valence-corrected chi connectivity index (χ3v) is 4.45. The van der Waals surface area contributed by atoms with Crippen LogP contribution in [-0.4, -0.2) is 32.0 Å². The Morgan fingerprint density at radius 2 is 2.14 bits per heavy atom. The minimum atomic E-state index is 0.130. The summed E-state index contributed by atoms with van der Waals surface area (Å²) in [5.74, 6) is 1.51. The molecule has 1 aliphatic carbocycles. The van der Waals surface area contributed by atoms with Gasteiger partial charge in [0.2, 0.25) is 0 Å². The van der Waals surface area contributed by atoms with Gasteiger partial charge >= 0.3 is 0 Å². The van der Waals surface area contributed by atoms with Crippen molar-refractivity contribution < 1.29 is 14.6 Å². The lowest BCUT2D eigenvalue weighted by molar-refractivity contribution is 0.207. The number of hydrogen-bond donors (Lipinski definition) is 2. The molecule has 118 valence electrons. The summed E-state index contributed by atoms with van der Waals surface area (Å²) in [7, 11) is 1.66. The van der Waals surface area contributed by atoms with Crippen LogP contribution in [0.1, 0.15) is 31.7 Å². The maximum Gasteiger partial charge on any atom is 0.175 e. The summed E-state index contributed by atoms with van der Waals surface area (Å²) < 4.78 is 12.1. The summed E-state index contributed by atoms with van der Waals surface area (Å²) in [6.45, 7) is 4.64. The number of hydrogen-bond acceptors (Lipinski definition) is 4. The van der Waals surface area contributed by atoms with Crippen molar-refractivity contribution in [3.63, 3.8) is 0 Å². The van der Waals surface area contributed by atoms with Crippen molar-refractivity contribution in [2.45, 2.75) is 32.7 Å². The van der Waals surface area contributed by atoms with E-state index in [9.17, 15) is 5.11 Å². The highest BCUT2D eigenvalue weighted by molar-refractivity contribution is 9.10. The number of halogens is 1. The van der Waals surface area contributed by atoms with E-state index in [1.165, 1.54) is 0 Å². The first-order valence-corrected chi connectivity index (χ1v) is 8.24. The van der Waals surface area contributed by atoms with Crippen LogP contribution < -0.4 is 14.8 Å². The molecule has 0 aromatic heterocycles. The van der Waals surface area contributed by atoms with Crippen molar-refractivity contribution in [3.8, 4) is 11.5 Å². The Balaban J connectivity index is 1.98. The van der Waals surface area contributed by atoms with Gasteiger partial charge in [0.25, 0.3) is 0 Å². The van der Waals surface area contributed by atoms with Crippen LogP contribution in [0.4, 0.5) is 0 Å². The Morgan fingerprint density at radius 3 is 2.71 bits per heavy atom. The number of methoxy groups -OCH3 is 1. The summed E-state index contributed by atoms with van der Waals surface area (Å²) in [4.78, 5) is 0. The minimum absolute atomic E-state index is 0.130. The summed E-state index contributed by atoms with van der Waals surface area (Å²) in [5.41, 5.74) is 1.27. The monoisotopic (exact) mass is 357 g/mol. The van der Waals surface area contributed by atoms with Gasteiger partial charge in [-0.05, 0) is 52.9 Å². The molecule has 0 atom stereocenters. The first-order valence-electron chi connectivity index (χ1n) is 7.45. The van der Waals surface area contributed by atoms with Crippen LogP contribution in [0.15, 0.2) is 16.6 Å². The van der Waals surface area contributed by atoms with Gasteiger partial charge in [0.1, 0.15) is 0 Å². The molecule has 0 heterocycles. The molecule has 0 saturated heterocycles. The van der Waals surface area contributed by atoms with Crippen LogP contribution in [-0.2, 0) is 6.54 Å². The average molecular weight is 358 g/mol. The first-order chi connectivity index (χ1) is 10.1. The Bertz CT molecular complexity index is 475. The summed E-state index contributed by atoms with van der Waals surface area (Å²) in [6.07, 6.45) is 3.20. The highest BCUT2D eigenvalue weighted by atomic mass is 79.9. The standard InChI is InChI=1S/C16H24BrNO3/c1-3-6-21-15-13(17)7-12(8-14(15)20-2)9-18-10-16(11-19)4-5-16/h7-8,18-19H,3-6,9-11H2,1-2H3. The number of ether oxygens (including phenoxy) is 2. The Kier molecular flexibility index (Phi) is 5.90. The molecule has 1 saturated carbocycles. The molecule has 1 aromatic carbocycles. The molecule has 2 rings (SSSR count). The third-order valence-electron chi connectivity index (χ3n) is 3.86. The van der Waals surface area contributed by atoms with E-state index in [2.05, 4.69) is 34.2 Å². The Morgan fingerprint density at radius 1 is 1.38 bits per heavy atom. The quantitative estimate of drug-likeness (QED) is 0.712. The molecule has 1 fully saturated rings. The molecule has 0 amide bonds. The fraction of sp³-hybridized carbons (Fsp3) is 0.625. The van der Waals surface area contributed by atoms with Crippen LogP contribution in [0.3, 0.4) is 0 Å². The second-order valence-corrected chi connectivity index (χ2v) is 6.57. The van der Waals surface area contributed by atoms with Crippen molar-refractivity contribution in [3.05, 3.63) is 22.2 Å². The lowest BCUT2D eigenvalue weighted by Gasteiger charge is -2.16. The highest BCUT2D eigenvalue weighted by Gasteiger charge is 2.41. The number of rotatable bonds is 9. The molecule has 5 heteroatoms. The van der Waals surface area contributed by atoms with E-state index in [4.69, 9.17) is 9.47 Å². The molecule has 1 aliphatic rings. The molecular weight excluding hydrogens is 334 g/mol. The predicted molar refractivity (Wildman–Crippen MR) is 86.9 cm³/mol. The van der Waals surface area contributed by atoms with Crippen molar-refractivity contribution in [1.29, 1.82) is 0 Å². The fourth-order valence-corrected chi connectivity index (χ4v) is 2.86. The van der Waals surface area contributed by atoms with E-state index in [0.717, 1.165) is 53.9 Å². The topological polar surface area (TPSA) is 50.7 Å². The lowest BCUT2D eigenvalue weighted by atomic mass is 10.1. The van der Waals surface area contributed by atoms with Gasteiger partial charge in [0.15, 0.2) is 11.5 Å². The van der Waals surface area contributed by atoms with E-state index in [0.29, 0.717) is 6.61 Å². The zero-order chi connectivity index (χ0) is 15.3. The number of benzene rings is 1. The van der Waals surface area contributed by atoms with Gasteiger partial charge < -0.3 is 19.9 Å². The molecule has 0 radical (unpaired) electrons. The SMILES string of the molecule is CCCOc1c(Br)cc(CNCC2(CO)CC2)cc1OC. The second-order valence-electron chi connectivity index (χ2n) is 5.72. The van der Waals surface area contributed by atoms with Gasteiger partial charge in [-0.15, -0.1) is 0 Å². The normalized spacial score (nSPS) is 15.8. The molecule has 2 N–H and O–H groups in total. The number of nitrogens with one attached hydrogen (secondary N) is 1. The van der Waals surface area contributed by atoms with Gasteiger partial charge in [-0.2, -0.15) is 0 Å². The molecule has 21 heavy (non-hydrogen) atoms. The number of aliphatic hydroxyl groups is 1. The van der Waals surface area contributed by atoms with E-state index >= 15 is 0 Å². The van der Waals surface area contributed by atoms with Crippen LogP contribution in [0.2, 0.25) is 0 Å². The van der Waals surface area contributed by atoms with E-state index in [1.54, 1.807) is 7.11 Å². The molecular formula is C16H24BrNO3. The van der Waals surface area contributed by atoms with Gasteiger partial charge in [-0.25, -0.2) is 0 Å². The van der Waals surface area contributed by atoms with Crippen LogP contribution in [0.25, 0.3) is 0 Å². The lowest BCUT2D eigenvalue weighted by Crippen LogP contribution is -2.26. The first kappa shape index (κ1) is 16.6. The summed E-state index contributed by atoms with van der Waals surface area (Å²) in [6, 6.07) is 4.06. The van der Waals surface area contributed by atoms with Crippen molar-refractivity contribution >= 4 is 15.9 Å². The number of aliphatic hydroxyl groups excluding tert-OH is 1. The van der Waals surface area contributed by atoms with E-state index < -0.39 is 0 Å². The molecule has 0 unspecified atom stereocenters. The van der Waals surface area contributed by atoms with Crippen molar-refractivity contribution in [1.82, 2.24) is 5.32 Å². The van der Waals surface area contributed by atoms with Crippen LogP contribution in [0.5, 0.6) is 11.5 Å². The third kappa shape index (κ3) is 4.34. The molecule has 0 spiro atoms. The predicted octanol–water partition coefficient (Wildman–Crippen LogP) is 3.11. The van der Waals surface area contributed by atoms with Gasteiger partial charge in [0.05, 0.1) is 18.2 Å². The van der Waals surface area contributed by atoms with Crippen molar-refractivity contribution in [2.24, 2.45) is 5.41 Å². The van der Waals surface area contributed by atoms with Crippen LogP contribution in [0, 0.1) is 5.41 Å². The fourth-order valence-electron chi connectivity index (χ4n) is 2.26. The van der Waals surface area contributed by atoms with E-state index in [1.807, 2.05) is 6.07 Å². The highest BCUT2D eigenvalue weighted by Crippen LogP contribution is 2.44. The molecule has 0 aliphatic heterocycles. The molecule has 0 bridgehead atoms. The van der Waals surface area contributed by atoms with E-state index in [-0.39, 0.29) is 12.0 Å². The maximum atomic E-state index is 9.31. The Hall–Kier alpha value is -0.780. The maximum absolute atomic E-state index is 9.31. The van der Waals surface area contributed by atoms with Gasteiger partial charge in [-0.3, -0.25) is 0 Å². The van der Waals surface area contributed by atoms with Crippen molar-refractivity contribution in [2.75, 3.05) is 26.9 Å². The summed E-state index contributed by atoms with van der Waals surface area (Å²) in [5, 5.41) is 12.7. The van der Waals surface area contributed by atoms with Gasteiger partial charge in [0, 0.05) is 25.1 Å². The second kappa shape index (κ2) is 7.47. The average Bonchev–Trinajstić information content (AvgIpc) is 3.26. The minimum Gasteiger partial charge on any atom is -0.493 e. The van der Waals surface area contributed by atoms with Crippen LogP contribution >= 0.6 is 15.9 Å². The summed E-state index contributed by atoms with van der Waals surface area (Å²) >= 11 is 3.55. The molecule has 4 nitrogen and oxygen atoms in total. The molecule has 1 aromatic rings. The zero-order valence-electron chi connectivity index (χ0n) is 12.7. The zero-order valence-corrected chi connectivity index (χ0v) is 14.3. The largest absolute Gasteiger partial charge is 0.493 e. The smallest absolute Gasteiger partial charge is 0.175 e.